The van der Waals surface area contributed by atoms with Crippen molar-refractivity contribution in [2.45, 2.75) is 32.9 Å². The summed E-state index contributed by atoms with van der Waals surface area (Å²) in [5.41, 5.74) is 3.94. The fourth-order valence-corrected chi connectivity index (χ4v) is 3.01. The highest BCUT2D eigenvalue weighted by molar-refractivity contribution is 6.50. The Kier molecular flexibility index (Phi) is 6.24. The van der Waals surface area contributed by atoms with Crippen molar-refractivity contribution in [2.75, 3.05) is 6.61 Å². The lowest BCUT2D eigenvalue weighted by molar-refractivity contribution is -0.603. The van der Waals surface area contributed by atoms with Gasteiger partial charge in [0.1, 0.15) is 11.8 Å². The summed E-state index contributed by atoms with van der Waals surface area (Å²) in [7, 11) is -6.00. The van der Waals surface area contributed by atoms with E-state index in [-0.39, 0.29) is 6.10 Å². The molecule has 0 saturated carbocycles. The molecule has 136 valence electrons. The summed E-state index contributed by atoms with van der Waals surface area (Å²) in [6.07, 6.45) is 4.44. The summed E-state index contributed by atoms with van der Waals surface area (Å²) >= 11 is 0. The molecule has 2 aromatic carbocycles. The summed E-state index contributed by atoms with van der Waals surface area (Å²) < 4.78 is 44.9. The Bertz CT molecular complexity index is 753. The lowest BCUT2D eigenvalue weighted by atomic mass is 9.90. The number of hydrogen-bond donors (Lipinski definition) is 1. The molecule has 2 N–H and O–H groups in total. The minimum absolute atomic E-state index is 0.0728. The van der Waals surface area contributed by atoms with Crippen LogP contribution in [-0.2, 0) is 4.74 Å². The Labute approximate surface area is 145 Å². The highest BCUT2D eigenvalue weighted by atomic mass is 19.5. The van der Waals surface area contributed by atoms with Gasteiger partial charge < -0.3 is 27.3 Å². The largest absolute Gasteiger partial charge is 0.673 e. The van der Waals surface area contributed by atoms with Crippen LogP contribution >= 0.6 is 0 Å². The van der Waals surface area contributed by atoms with Crippen molar-refractivity contribution in [1.29, 1.82) is 0 Å². The van der Waals surface area contributed by atoms with Gasteiger partial charge in [-0.05, 0) is 37.8 Å². The van der Waals surface area contributed by atoms with Crippen molar-refractivity contribution in [3.8, 4) is 0 Å². The molecule has 1 aliphatic rings. The molecule has 1 atom stereocenters. The van der Waals surface area contributed by atoms with Crippen LogP contribution in [0.3, 0.4) is 0 Å². The SMILES string of the molecule is CCOC1C=Cc2cccc3ccc([NH2+]C(C)C)c1c23.F[B-](F)(F)F. The molecule has 0 heterocycles. The molecule has 0 radical (unpaired) electrons. The van der Waals surface area contributed by atoms with Crippen molar-refractivity contribution < 1.29 is 27.3 Å². The Morgan fingerprint density at radius 2 is 1.80 bits per heavy atom. The molecule has 0 bridgehead atoms. The second-order valence-corrected chi connectivity index (χ2v) is 6.15. The van der Waals surface area contributed by atoms with Crippen molar-refractivity contribution >= 4 is 29.8 Å². The number of benzene rings is 2. The van der Waals surface area contributed by atoms with Crippen LogP contribution in [0.1, 0.15) is 38.0 Å². The summed E-state index contributed by atoms with van der Waals surface area (Å²) in [4.78, 5) is 0. The molecule has 0 spiro atoms. The number of quaternary nitrogens is 1. The molecule has 0 amide bonds. The Balaban J connectivity index is 0.000000399. The lowest BCUT2D eigenvalue weighted by Crippen LogP contribution is -2.83. The first-order chi connectivity index (χ1) is 11.7. The number of rotatable bonds is 4. The summed E-state index contributed by atoms with van der Waals surface area (Å²) in [6.45, 7) is 7.23. The van der Waals surface area contributed by atoms with Gasteiger partial charge in [-0.1, -0.05) is 30.4 Å². The quantitative estimate of drug-likeness (QED) is 0.474. The smallest absolute Gasteiger partial charge is 0.418 e. The highest BCUT2D eigenvalue weighted by Gasteiger charge is 2.24. The number of nitrogens with two attached hydrogens (primary N) is 1. The van der Waals surface area contributed by atoms with E-state index < -0.39 is 7.25 Å². The summed E-state index contributed by atoms with van der Waals surface area (Å²) in [5, 5.41) is 4.98. The second-order valence-electron chi connectivity index (χ2n) is 6.15. The maximum Gasteiger partial charge on any atom is 0.673 e. The van der Waals surface area contributed by atoms with Crippen LogP contribution in [0.4, 0.5) is 23.0 Å². The zero-order valence-electron chi connectivity index (χ0n) is 14.5. The standard InChI is InChI=1S/C18H21NO.BF4/c1-4-20-16-11-9-14-7-5-6-13-8-10-15(19-12(2)3)18(16)17(13)14;2-1(3,4)5/h5-12,16,19H,4H2,1-3H3;/q;-1/p+1. The van der Waals surface area contributed by atoms with Crippen LogP contribution in [0.15, 0.2) is 36.4 Å². The number of halogens is 4. The van der Waals surface area contributed by atoms with Gasteiger partial charge in [-0.15, -0.1) is 0 Å². The lowest BCUT2D eigenvalue weighted by Gasteiger charge is -2.23. The maximum absolute atomic E-state index is 9.75. The molecule has 7 heteroatoms. The fourth-order valence-electron chi connectivity index (χ4n) is 3.01. The summed E-state index contributed by atoms with van der Waals surface area (Å²) in [5.74, 6) is 0. The van der Waals surface area contributed by atoms with Gasteiger partial charge in [0.25, 0.3) is 0 Å². The topological polar surface area (TPSA) is 25.8 Å². The first kappa shape index (κ1) is 19.5. The van der Waals surface area contributed by atoms with Crippen molar-refractivity contribution in [3.63, 3.8) is 0 Å². The van der Waals surface area contributed by atoms with E-state index >= 15 is 0 Å². The van der Waals surface area contributed by atoms with E-state index in [0.717, 1.165) is 6.61 Å². The highest BCUT2D eigenvalue weighted by Crippen LogP contribution is 2.38. The van der Waals surface area contributed by atoms with Gasteiger partial charge in [-0.3, -0.25) is 0 Å². The molecule has 2 aromatic rings. The van der Waals surface area contributed by atoms with Crippen LogP contribution < -0.4 is 5.32 Å². The van der Waals surface area contributed by atoms with E-state index in [0.29, 0.717) is 6.04 Å². The average molecular weight is 355 g/mol. The van der Waals surface area contributed by atoms with E-state index in [4.69, 9.17) is 4.74 Å². The van der Waals surface area contributed by atoms with Gasteiger partial charge in [-0.2, -0.15) is 0 Å². The molecule has 3 rings (SSSR count). The van der Waals surface area contributed by atoms with Gasteiger partial charge in [0, 0.05) is 18.1 Å². The molecular formula is C18H22BF4NO. The van der Waals surface area contributed by atoms with Gasteiger partial charge in [0.05, 0.1) is 11.6 Å². The second kappa shape index (κ2) is 8.02. The van der Waals surface area contributed by atoms with E-state index in [1.807, 2.05) is 0 Å². The third-order valence-corrected chi connectivity index (χ3v) is 3.75. The molecule has 0 saturated heterocycles. The van der Waals surface area contributed by atoms with Crippen LogP contribution in [0.5, 0.6) is 0 Å². The summed E-state index contributed by atoms with van der Waals surface area (Å²) in [6, 6.07) is 11.5. The zero-order valence-corrected chi connectivity index (χ0v) is 14.5. The first-order valence-corrected chi connectivity index (χ1v) is 8.28. The Morgan fingerprint density at radius 1 is 1.12 bits per heavy atom. The molecule has 0 fully saturated rings. The van der Waals surface area contributed by atoms with Gasteiger partial charge in [-0.25, -0.2) is 0 Å². The predicted octanol–water partition coefficient (Wildman–Crippen LogP) is 4.85. The van der Waals surface area contributed by atoms with E-state index in [1.54, 1.807) is 0 Å². The minimum atomic E-state index is -6.00. The van der Waals surface area contributed by atoms with Crippen molar-refractivity contribution in [2.24, 2.45) is 0 Å². The Hall–Kier alpha value is -1.86. The van der Waals surface area contributed by atoms with Crippen molar-refractivity contribution in [1.82, 2.24) is 0 Å². The number of hydrogen-bond acceptors (Lipinski definition) is 1. The molecule has 25 heavy (non-hydrogen) atoms. The van der Waals surface area contributed by atoms with E-state index in [2.05, 4.69) is 68.6 Å². The minimum Gasteiger partial charge on any atom is -0.418 e. The van der Waals surface area contributed by atoms with Gasteiger partial charge >= 0.3 is 7.25 Å². The number of ether oxygens (including phenoxy) is 1. The average Bonchev–Trinajstić information content (AvgIpc) is 2.50. The monoisotopic (exact) mass is 355 g/mol. The molecular weight excluding hydrogens is 333 g/mol. The predicted molar refractivity (Wildman–Crippen MR) is 94.3 cm³/mol. The van der Waals surface area contributed by atoms with Gasteiger partial charge in [0.15, 0.2) is 0 Å². The van der Waals surface area contributed by atoms with E-state index in [9.17, 15) is 17.3 Å². The van der Waals surface area contributed by atoms with Crippen molar-refractivity contribution in [3.05, 3.63) is 47.5 Å². The molecule has 2 nitrogen and oxygen atoms in total. The maximum atomic E-state index is 9.75. The van der Waals surface area contributed by atoms with Gasteiger partial charge in [0.2, 0.25) is 0 Å². The van der Waals surface area contributed by atoms with Crippen LogP contribution in [-0.4, -0.2) is 19.9 Å². The fraction of sp³-hybridized carbons (Fsp3) is 0.333. The van der Waals surface area contributed by atoms with Crippen LogP contribution in [0, 0.1) is 0 Å². The van der Waals surface area contributed by atoms with Crippen LogP contribution in [0.25, 0.3) is 16.8 Å². The van der Waals surface area contributed by atoms with Crippen LogP contribution in [0.2, 0.25) is 0 Å². The third-order valence-electron chi connectivity index (χ3n) is 3.75. The molecule has 0 aromatic heterocycles. The first-order valence-electron chi connectivity index (χ1n) is 8.28. The zero-order chi connectivity index (χ0) is 18.6. The molecule has 1 aliphatic carbocycles. The molecule has 1 unspecified atom stereocenters. The normalized spacial score (nSPS) is 16.1. The van der Waals surface area contributed by atoms with E-state index in [1.165, 1.54) is 27.6 Å². The molecule has 0 aliphatic heterocycles. The Morgan fingerprint density at radius 3 is 2.40 bits per heavy atom. The third kappa shape index (κ3) is 5.31.